The summed E-state index contributed by atoms with van der Waals surface area (Å²) in [6, 6.07) is -0.491. The Morgan fingerprint density at radius 1 is 1.60 bits per heavy atom. The molecule has 1 aromatic rings. The number of allylic oxidation sites excluding steroid dienone is 1. The van der Waals surface area contributed by atoms with Crippen LogP contribution < -0.4 is 11.1 Å². The van der Waals surface area contributed by atoms with Crippen molar-refractivity contribution in [3.05, 3.63) is 36.6 Å². The van der Waals surface area contributed by atoms with E-state index in [2.05, 4.69) is 15.3 Å². The van der Waals surface area contributed by atoms with Crippen LogP contribution in [0, 0.1) is 0 Å². The van der Waals surface area contributed by atoms with Crippen molar-refractivity contribution in [3.63, 3.8) is 0 Å². The maximum atomic E-state index is 11.0. The summed E-state index contributed by atoms with van der Waals surface area (Å²) in [6.07, 6.45) is 9.01. The summed E-state index contributed by atoms with van der Waals surface area (Å²) in [4.78, 5) is 18.8. The molecule has 0 aromatic carbocycles. The van der Waals surface area contributed by atoms with E-state index in [-0.39, 0.29) is 5.91 Å². The zero-order chi connectivity index (χ0) is 11.1. The van der Waals surface area contributed by atoms with Crippen LogP contribution in [0.1, 0.15) is 12.5 Å². The summed E-state index contributed by atoms with van der Waals surface area (Å²) in [7, 11) is 0. The minimum Gasteiger partial charge on any atom is -0.332 e. The zero-order valence-corrected chi connectivity index (χ0v) is 8.55. The van der Waals surface area contributed by atoms with Crippen LogP contribution in [0.15, 0.2) is 31.0 Å². The highest BCUT2D eigenvalue weighted by Gasteiger charge is 2.02. The maximum Gasteiger partial charge on any atom is 0.240 e. The molecule has 0 bridgehead atoms. The van der Waals surface area contributed by atoms with Crippen molar-refractivity contribution >= 4 is 5.91 Å². The molecule has 15 heavy (non-hydrogen) atoms. The molecule has 0 unspecified atom stereocenters. The molecule has 80 valence electrons. The van der Waals surface area contributed by atoms with E-state index in [9.17, 15) is 4.79 Å². The van der Waals surface area contributed by atoms with E-state index in [1.165, 1.54) is 6.33 Å². The average Bonchev–Trinajstić information content (AvgIpc) is 2.25. The lowest BCUT2D eigenvalue weighted by Gasteiger charge is -2.01. The Kier molecular flexibility index (Phi) is 4.43. The summed E-state index contributed by atoms with van der Waals surface area (Å²) < 4.78 is 0. The van der Waals surface area contributed by atoms with E-state index in [1.54, 1.807) is 25.5 Å². The number of carbonyl (C=O) groups is 1. The first-order chi connectivity index (χ1) is 7.20. The molecular formula is C10H14N4O. The number of hydrogen-bond acceptors (Lipinski definition) is 4. The van der Waals surface area contributed by atoms with Crippen LogP contribution in [-0.4, -0.2) is 21.9 Å². The fourth-order valence-electron chi connectivity index (χ4n) is 0.903. The van der Waals surface area contributed by atoms with Gasteiger partial charge in [-0.3, -0.25) is 4.79 Å². The SMILES string of the molecule is C[C@@H](N)C(=O)N/C=C/Cc1cncnc1. The predicted octanol–water partition coefficient (Wildman–Crippen LogP) is -0.00380. The molecule has 3 N–H and O–H groups in total. The standard InChI is InChI=1S/C10H14N4O/c1-8(11)10(15)14-4-2-3-9-5-12-7-13-6-9/h2,4-8H,3,11H2,1H3,(H,14,15)/b4-2+/t8-/m1/s1. The summed E-state index contributed by atoms with van der Waals surface area (Å²) in [5.74, 6) is -0.199. The van der Waals surface area contributed by atoms with E-state index in [0.29, 0.717) is 6.42 Å². The third kappa shape index (κ3) is 4.33. The number of hydrogen-bond donors (Lipinski definition) is 2. The lowest BCUT2D eigenvalue weighted by molar-refractivity contribution is -0.121. The molecule has 0 saturated carbocycles. The van der Waals surface area contributed by atoms with Gasteiger partial charge in [0.25, 0.3) is 0 Å². The average molecular weight is 206 g/mol. The number of nitrogens with zero attached hydrogens (tertiary/aromatic N) is 2. The number of nitrogens with two attached hydrogens (primary N) is 1. The summed E-state index contributed by atoms with van der Waals surface area (Å²) in [5.41, 5.74) is 6.35. The van der Waals surface area contributed by atoms with Crippen LogP contribution in [0.3, 0.4) is 0 Å². The van der Waals surface area contributed by atoms with Crippen molar-refractivity contribution in [2.75, 3.05) is 0 Å². The molecule has 1 rings (SSSR count). The summed E-state index contributed by atoms with van der Waals surface area (Å²) >= 11 is 0. The van der Waals surface area contributed by atoms with Gasteiger partial charge in [-0.2, -0.15) is 0 Å². The van der Waals surface area contributed by atoms with Crippen molar-refractivity contribution in [3.8, 4) is 0 Å². The Hall–Kier alpha value is -1.75. The van der Waals surface area contributed by atoms with Gasteiger partial charge < -0.3 is 11.1 Å². The Morgan fingerprint density at radius 3 is 2.87 bits per heavy atom. The van der Waals surface area contributed by atoms with Crippen molar-refractivity contribution in [1.29, 1.82) is 0 Å². The van der Waals surface area contributed by atoms with E-state index in [4.69, 9.17) is 5.73 Å². The second kappa shape index (κ2) is 5.87. The molecule has 0 spiro atoms. The molecule has 1 heterocycles. The fourth-order valence-corrected chi connectivity index (χ4v) is 0.903. The van der Waals surface area contributed by atoms with Gasteiger partial charge in [0.15, 0.2) is 0 Å². The number of carbonyl (C=O) groups excluding carboxylic acids is 1. The molecule has 0 aliphatic heterocycles. The van der Waals surface area contributed by atoms with Gasteiger partial charge in [0.05, 0.1) is 6.04 Å². The third-order valence-electron chi connectivity index (χ3n) is 1.72. The van der Waals surface area contributed by atoms with Crippen LogP contribution in [-0.2, 0) is 11.2 Å². The van der Waals surface area contributed by atoms with Gasteiger partial charge in [0.1, 0.15) is 6.33 Å². The number of nitrogens with one attached hydrogen (secondary N) is 1. The van der Waals surface area contributed by atoms with Gasteiger partial charge >= 0.3 is 0 Å². The molecule has 0 radical (unpaired) electrons. The quantitative estimate of drug-likeness (QED) is 0.726. The molecular weight excluding hydrogens is 192 g/mol. The number of aromatic nitrogens is 2. The Balaban J connectivity index is 2.32. The van der Waals surface area contributed by atoms with Crippen molar-refractivity contribution in [1.82, 2.24) is 15.3 Å². The monoisotopic (exact) mass is 206 g/mol. The van der Waals surface area contributed by atoms with Gasteiger partial charge in [-0.25, -0.2) is 9.97 Å². The lowest BCUT2D eigenvalue weighted by atomic mass is 10.2. The number of amides is 1. The molecule has 1 atom stereocenters. The van der Waals surface area contributed by atoms with Crippen LogP contribution in [0.2, 0.25) is 0 Å². The van der Waals surface area contributed by atoms with Crippen molar-refractivity contribution in [2.45, 2.75) is 19.4 Å². The fraction of sp³-hybridized carbons (Fsp3) is 0.300. The molecule has 0 aliphatic carbocycles. The number of rotatable bonds is 4. The molecule has 5 heteroatoms. The molecule has 1 amide bonds. The maximum absolute atomic E-state index is 11.0. The first-order valence-corrected chi connectivity index (χ1v) is 4.65. The van der Waals surface area contributed by atoms with Crippen LogP contribution in [0.5, 0.6) is 0 Å². The minimum absolute atomic E-state index is 0.199. The normalized spacial score (nSPS) is 12.7. The summed E-state index contributed by atoms with van der Waals surface area (Å²) in [5, 5.41) is 2.57. The van der Waals surface area contributed by atoms with E-state index < -0.39 is 6.04 Å². The lowest BCUT2D eigenvalue weighted by Crippen LogP contribution is -2.35. The van der Waals surface area contributed by atoms with Gasteiger partial charge in [-0.1, -0.05) is 6.08 Å². The van der Waals surface area contributed by atoms with Gasteiger partial charge in [-0.15, -0.1) is 0 Å². The smallest absolute Gasteiger partial charge is 0.240 e. The Labute approximate surface area is 88.4 Å². The van der Waals surface area contributed by atoms with Crippen molar-refractivity contribution < 1.29 is 4.79 Å². The highest BCUT2D eigenvalue weighted by atomic mass is 16.2. The van der Waals surface area contributed by atoms with Crippen LogP contribution >= 0.6 is 0 Å². The largest absolute Gasteiger partial charge is 0.332 e. The van der Waals surface area contributed by atoms with E-state index in [0.717, 1.165) is 5.56 Å². The van der Waals surface area contributed by atoms with Gasteiger partial charge in [0, 0.05) is 18.6 Å². The van der Waals surface area contributed by atoms with Crippen LogP contribution in [0.4, 0.5) is 0 Å². The first-order valence-electron chi connectivity index (χ1n) is 4.65. The third-order valence-corrected chi connectivity index (χ3v) is 1.72. The van der Waals surface area contributed by atoms with Gasteiger partial charge in [0.2, 0.25) is 5.91 Å². The second-order valence-corrected chi connectivity index (χ2v) is 3.15. The minimum atomic E-state index is -0.491. The van der Waals surface area contributed by atoms with E-state index >= 15 is 0 Å². The second-order valence-electron chi connectivity index (χ2n) is 3.15. The Morgan fingerprint density at radius 2 is 2.27 bits per heavy atom. The van der Waals surface area contributed by atoms with Crippen LogP contribution in [0.25, 0.3) is 0 Å². The summed E-state index contributed by atoms with van der Waals surface area (Å²) in [6.45, 7) is 1.63. The van der Waals surface area contributed by atoms with E-state index in [1.807, 2.05) is 6.08 Å². The zero-order valence-electron chi connectivity index (χ0n) is 8.55. The molecule has 0 aliphatic rings. The first kappa shape index (κ1) is 11.3. The topological polar surface area (TPSA) is 80.9 Å². The highest BCUT2D eigenvalue weighted by molar-refractivity contribution is 5.81. The van der Waals surface area contributed by atoms with Gasteiger partial charge in [-0.05, 0) is 18.9 Å². The molecule has 0 saturated heterocycles. The predicted molar refractivity (Wildman–Crippen MR) is 56.7 cm³/mol. The molecule has 5 nitrogen and oxygen atoms in total. The molecule has 0 fully saturated rings. The molecule has 1 aromatic heterocycles. The Bertz CT molecular complexity index is 335. The van der Waals surface area contributed by atoms with Crippen molar-refractivity contribution in [2.24, 2.45) is 5.73 Å². The highest BCUT2D eigenvalue weighted by Crippen LogP contribution is 1.94.